The zero-order valence-corrected chi connectivity index (χ0v) is 11.0. The minimum absolute atomic E-state index is 0.0901. The van der Waals surface area contributed by atoms with E-state index in [4.69, 9.17) is 15.2 Å². The van der Waals surface area contributed by atoms with Crippen LogP contribution < -0.4 is 10.5 Å². The maximum Gasteiger partial charge on any atom is 0.124 e. The number of para-hydroxylation sites is 1. The first-order chi connectivity index (χ1) is 8.22. The largest absolute Gasteiger partial charge is 0.496 e. The Kier molecular flexibility index (Phi) is 6.01. The van der Waals surface area contributed by atoms with Crippen LogP contribution in [-0.2, 0) is 4.74 Å². The molecule has 0 aliphatic rings. The van der Waals surface area contributed by atoms with Crippen molar-refractivity contribution in [3.63, 3.8) is 0 Å². The van der Waals surface area contributed by atoms with Crippen molar-refractivity contribution < 1.29 is 9.47 Å². The molecule has 0 spiro atoms. The van der Waals surface area contributed by atoms with Crippen molar-refractivity contribution in [2.45, 2.75) is 38.9 Å². The smallest absolute Gasteiger partial charge is 0.124 e. The Balaban J connectivity index is 2.78. The van der Waals surface area contributed by atoms with Crippen molar-refractivity contribution >= 4 is 0 Å². The van der Waals surface area contributed by atoms with Crippen LogP contribution in [0.5, 0.6) is 5.75 Å². The van der Waals surface area contributed by atoms with Gasteiger partial charge in [0.2, 0.25) is 0 Å². The lowest BCUT2D eigenvalue weighted by Crippen LogP contribution is -2.21. The van der Waals surface area contributed by atoms with Gasteiger partial charge in [-0.1, -0.05) is 31.5 Å². The molecular weight excluding hydrogens is 214 g/mol. The summed E-state index contributed by atoms with van der Waals surface area (Å²) < 4.78 is 11.3. The molecule has 1 aromatic rings. The number of hydrogen-bond donors (Lipinski definition) is 1. The Morgan fingerprint density at radius 2 is 2.00 bits per heavy atom. The fourth-order valence-electron chi connectivity index (χ4n) is 1.94. The molecule has 1 aromatic carbocycles. The molecule has 0 radical (unpaired) electrons. The molecule has 0 aromatic heterocycles. The fourth-order valence-corrected chi connectivity index (χ4v) is 1.94. The van der Waals surface area contributed by atoms with Gasteiger partial charge in [0.15, 0.2) is 0 Å². The molecular formula is C14H23NO2. The average molecular weight is 237 g/mol. The molecule has 0 fully saturated rings. The highest BCUT2D eigenvalue weighted by atomic mass is 16.5. The third-order valence-corrected chi connectivity index (χ3v) is 2.79. The molecule has 17 heavy (non-hydrogen) atoms. The zero-order chi connectivity index (χ0) is 12.7. The molecule has 3 nitrogen and oxygen atoms in total. The van der Waals surface area contributed by atoms with Crippen LogP contribution in [0.4, 0.5) is 0 Å². The quantitative estimate of drug-likeness (QED) is 0.793. The van der Waals surface area contributed by atoms with Gasteiger partial charge in [0.1, 0.15) is 5.75 Å². The predicted molar refractivity (Wildman–Crippen MR) is 70.2 cm³/mol. The first-order valence-corrected chi connectivity index (χ1v) is 6.21. The van der Waals surface area contributed by atoms with Crippen molar-refractivity contribution in [3.05, 3.63) is 29.8 Å². The van der Waals surface area contributed by atoms with E-state index in [1.165, 1.54) is 0 Å². The van der Waals surface area contributed by atoms with Gasteiger partial charge in [-0.25, -0.2) is 0 Å². The van der Waals surface area contributed by atoms with Gasteiger partial charge in [-0.05, 0) is 19.4 Å². The summed E-state index contributed by atoms with van der Waals surface area (Å²) in [7, 11) is 1.67. The number of rotatable bonds is 7. The summed E-state index contributed by atoms with van der Waals surface area (Å²) in [5.74, 6) is 0.839. The SMILES string of the molecule is CCCC(C)OC(CN)c1ccccc1OC. The summed E-state index contributed by atoms with van der Waals surface area (Å²) in [6, 6.07) is 7.88. The first-order valence-electron chi connectivity index (χ1n) is 6.21. The molecule has 1 rings (SSSR count). The second-order valence-corrected chi connectivity index (χ2v) is 4.20. The highest BCUT2D eigenvalue weighted by molar-refractivity contribution is 5.35. The Hall–Kier alpha value is -1.06. The van der Waals surface area contributed by atoms with E-state index in [1.54, 1.807) is 7.11 Å². The summed E-state index contributed by atoms with van der Waals surface area (Å²) in [5, 5.41) is 0. The number of nitrogens with two attached hydrogens (primary N) is 1. The molecule has 3 heteroatoms. The molecule has 0 heterocycles. The number of methoxy groups -OCH3 is 1. The standard InChI is InChI=1S/C14H23NO2/c1-4-7-11(2)17-14(10-15)12-8-5-6-9-13(12)16-3/h5-6,8-9,11,14H,4,7,10,15H2,1-3H3. The molecule has 0 saturated heterocycles. The highest BCUT2D eigenvalue weighted by Gasteiger charge is 2.17. The van der Waals surface area contributed by atoms with Gasteiger partial charge < -0.3 is 15.2 Å². The molecule has 0 aliphatic heterocycles. The Morgan fingerprint density at radius 3 is 2.59 bits per heavy atom. The number of ether oxygens (including phenoxy) is 2. The molecule has 96 valence electrons. The predicted octanol–water partition coefficient (Wildman–Crippen LogP) is 2.90. The molecule has 0 saturated carbocycles. The van der Waals surface area contributed by atoms with Gasteiger partial charge >= 0.3 is 0 Å². The average Bonchev–Trinajstić information content (AvgIpc) is 2.36. The minimum atomic E-state index is -0.0901. The Morgan fingerprint density at radius 1 is 1.29 bits per heavy atom. The van der Waals surface area contributed by atoms with Crippen LogP contribution in [-0.4, -0.2) is 19.8 Å². The van der Waals surface area contributed by atoms with E-state index in [1.807, 2.05) is 24.3 Å². The maximum atomic E-state index is 5.96. The van der Waals surface area contributed by atoms with Crippen LogP contribution in [0.25, 0.3) is 0 Å². The van der Waals surface area contributed by atoms with E-state index < -0.39 is 0 Å². The Labute approximate surface area is 104 Å². The number of hydrogen-bond acceptors (Lipinski definition) is 3. The van der Waals surface area contributed by atoms with E-state index in [0.29, 0.717) is 6.54 Å². The van der Waals surface area contributed by atoms with Gasteiger partial charge in [-0.15, -0.1) is 0 Å². The van der Waals surface area contributed by atoms with E-state index in [9.17, 15) is 0 Å². The van der Waals surface area contributed by atoms with Gasteiger partial charge in [-0.2, -0.15) is 0 Å². The highest BCUT2D eigenvalue weighted by Crippen LogP contribution is 2.28. The molecule has 2 atom stereocenters. The normalized spacial score (nSPS) is 14.4. The van der Waals surface area contributed by atoms with Gasteiger partial charge in [0.05, 0.1) is 19.3 Å². The monoisotopic (exact) mass is 237 g/mol. The number of benzene rings is 1. The lowest BCUT2D eigenvalue weighted by atomic mass is 10.1. The van der Waals surface area contributed by atoms with Crippen LogP contribution in [0.3, 0.4) is 0 Å². The van der Waals surface area contributed by atoms with Gasteiger partial charge in [0, 0.05) is 12.1 Å². The van der Waals surface area contributed by atoms with Gasteiger partial charge in [-0.3, -0.25) is 0 Å². The van der Waals surface area contributed by atoms with Crippen LogP contribution >= 0.6 is 0 Å². The zero-order valence-electron chi connectivity index (χ0n) is 11.0. The lowest BCUT2D eigenvalue weighted by molar-refractivity contribution is -0.00389. The summed E-state index contributed by atoms with van der Waals surface area (Å²) in [4.78, 5) is 0. The fraction of sp³-hybridized carbons (Fsp3) is 0.571. The van der Waals surface area contributed by atoms with Crippen LogP contribution in [0.1, 0.15) is 38.4 Å². The van der Waals surface area contributed by atoms with Crippen molar-refractivity contribution in [2.24, 2.45) is 5.73 Å². The van der Waals surface area contributed by atoms with Gasteiger partial charge in [0.25, 0.3) is 0 Å². The van der Waals surface area contributed by atoms with Crippen molar-refractivity contribution in [3.8, 4) is 5.75 Å². The van der Waals surface area contributed by atoms with Crippen LogP contribution in [0, 0.1) is 0 Å². The van der Waals surface area contributed by atoms with Crippen LogP contribution in [0.2, 0.25) is 0 Å². The topological polar surface area (TPSA) is 44.5 Å². The summed E-state index contributed by atoms with van der Waals surface area (Å²) in [5.41, 5.74) is 6.82. The second kappa shape index (κ2) is 7.30. The third kappa shape index (κ3) is 4.02. The Bertz CT molecular complexity index is 328. The summed E-state index contributed by atoms with van der Waals surface area (Å²) >= 11 is 0. The molecule has 0 amide bonds. The molecule has 0 bridgehead atoms. The molecule has 2 N–H and O–H groups in total. The van der Waals surface area contributed by atoms with Crippen molar-refractivity contribution in [1.82, 2.24) is 0 Å². The minimum Gasteiger partial charge on any atom is -0.496 e. The van der Waals surface area contributed by atoms with Crippen molar-refractivity contribution in [1.29, 1.82) is 0 Å². The summed E-state index contributed by atoms with van der Waals surface area (Å²) in [6.07, 6.45) is 2.29. The van der Waals surface area contributed by atoms with Crippen molar-refractivity contribution in [2.75, 3.05) is 13.7 Å². The van der Waals surface area contributed by atoms with E-state index >= 15 is 0 Å². The van der Waals surface area contributed by atoms with E-state index in [2.05, 4.69) is 13.8 Å². The first kappa shape index (κ1) is 14.0. The molecule has 2 unspecified atom stereocenters. The summed E-state index contributed by atoms with van der Waals surface area (Å²) in [6.45, 7) is 4.70. The second-order valence-electron chi connectivity index (χ2n) is 4.20. The van der Waals surface area contributed by atoms with E-state index in [0.717, 1.165) is 24.2 Å². The van der Waals surface area contributed by atoms with E-state index in [-0.39, 0.29) is 12.2 Å². The molecule has 0 aliphatic carbocycles. The third-order valence-electron chi connectivity index (χ3n) is 2.79. The maximum absolute atomic E-state index is 5.96. The van der Waals surface area contributed by atoms with Crippen LogP contribution in [0.15, 0.2) is 24.3 Å². The lowest BCUT2D eigenvalue weighted by Gasteiger charge is -2.23.